The summed E-state index contributed by atoms with van der Waals surface area (Å²) in [6, 6.07) is 0. The van der Waals surface area contributed by atoms with Gasteiger partial charge in [0.1, 0.15) is 30.7 Å². The first kappa shape index (κ1) is 15.8. The number of aliphatic hydroxyl groups excluding tert-OH is 1. The Balaban J connectivity index is 1.85. The van der Waals surface area contributed by atoms with E-state index in [0.29, 0.717) is 25.5 Å². The van der Waals surface area contributed by atoms with Gasteiger partial charge in [-0.05, 0) is 22.6 Å². The summed E-state index contributed by atoms with van der Waals surface area (Å²) in [4.78, 5) is 4.21. The zero-order chi connectivity index (χ0) is 15.7. The third-order valence-electron chi connectivity index (χ3n) is 3.84. The Morgan fingerprint density at radius 2 is 2.50 bits per heavy atom. The topological polar surface area (TPSA) is 94.0 Å². The molecule has 1 fully saturated rings. The number of ether oxygens (including phenoxy) is 2. The van der Waals surface area contributed by atoms with E-state index < -0.39 is 0 Å². The highest BCUT2D eigenvalue weighted by Gasteiger charge is 2.38. The zero-order valence-corrected chi connectivity index (χ0v) is 14.2. The number of rotatable bonds is 5. The molecule has 0 aromatic carbocycles. The summed E-state index contributed by atoms with van der Waals surface area (Å²) in [5, 5.41) is 12.7. The lowest BCUT2D eigenvalue weighted by atomic mass is 10.2. The molecule has 0 bridgehead atoms. The Hall–Kier alpha value is -1.10. The summed E-state index contributed by atoms with van der Waals surface area (Å²) in [6.07, 6.45) is 3.65. The van der Waals surface area contributed by atoms with Gasteiger partial charge in [0.05, 0.1) is 24.9 Å². The number of aromatic nitrogens is 1. The Morgan fingerprint density at radius 3 is 3.23 bits per heavy atom. The van der Waals surface area contributed by atoms with Crippen LogP contribution in [0.1, 0.15) is 18.2 Å². The van der Waals surface area contributed by atoms with Gasteiger partial charge in [-0.1, -0.05) is 6.08 Å². The highest BCUT2D eigenvalue weighted by atomic mass is 127. The molecule has 2 aliphatic rings. The smallest absolute Gasteiger partial charge is 0.138 e. The van der Waals surface area contributed by atoms with Gasteiger partial charge in [-0.3, -0.25) is 0 Å². The van der Waals surface area contributed by atoms with E-state index in [0.717, 1.165) is 15.0 Å². The summed E-state index contributed by atoms with van der Waals surface area (Å²) in [5.41, 5.74) is 6.89. The molecule has 120 valence electrons. The van der Waals surface area contributed by atoms with Crippen molar-refractivity contribution in [1.29, 1.82) is 0 Å². The number of hydrogen-bond donors (Lipinski definition) is 3. The monoisotopic (exact) mass is 418 g/mol. The minimum absolute atomic E-state index is 0.0735. The molecule has 4 N–H and O–H groups in total. The van der Waals surface area contributed by atoms with Crippen molar-refractivity contribution in [3.63, 3.8) is 0 Å². The Kier molecular flexibility index (Phi) is 4.71. The molecule has 0 saturated carbocycles. The fourth-order valence-electron chi connectivity index (χ4n) is 2.82. The summed E-state index contributed by atoms with van der Waals surface area (Å²) >= 11 is 2.24. The van der Waals surface area contributed by atoms with Crippen LogP contribution in [-0.4, -0.2) is 47.6 Å². The van der Waals surface area contributed by atoms with Gasteiger partial charge in [0.25, 0.3) is 0 Å². The standard InChI is InChI=1S/C14H19IN4O3/c1-2-3-21-9-4-11(22-10(9)6-20)19-5-8(15)12-13(16)17-7-18-14(12)19/h2,5,9-11,18,20H,1,3-4,6-7H2,(H2,16,17). The second-order valence-electron chi connectivity index (χ2n) is 5.19. The lowest BCUT2D eigenvalue weighted by Gasteiger charge is -2.20. The van der Waals surface area contributed by atoms with Gasteiger partial charge in [-0.15, -0.1) is 6.58 Å². The average Bonchev–Trinajstić information content (AvgIpc) is 3.07. The number of fused-ring (bicyclic) bond motifs is 1. The molecular formula is C14H19IN4O3. The summed E-state index contributed by atoms with van der Waals surface area (Å²) < 4.78 is 14.7. The molecule has 0 aliphatic carbocycles. The van der Waals surface area contributed by atoms with Crippen LogP contribution in [0.2, 0.25) is 0 Å². The second-order valence-corrected chi connectivity index (χ2v) is 6.36. The third-order valence-corrected chi connectivity index (χ3v) is 4.66. The largest absolute Gasteiger partial charge is 0.394 e. The van der Waals surface area contributed by atoms with Crippen LogP contribution in [0.25, 0.3) is 0 Å². The van der Waals surface area contributed by atoms with Crippen molar-refractivity contribution in [2.45, 2.75) is 24.9 Å². The molecule has 3 atom stereocenters. The van der Waals surface area contributed by atoms with Gasteiger partial charge in [0.15, 0.2) is 0 Å². The number of hydrogen-bond acceptors (Lipinski definition) is 6. The number of nitrogens with two attached hydrogens (primary N) is 1. The number of nitrogens with zero attached hydrogens (tertiary/aromatic N) is 2. The number of amidine groups is 1. The predicted molar refractivity (Wildman–Crippen MR) is 91.9 cm³/mol. The molecule has 0 spiro atoms. The fraction of sp³-hybridized carbons (Fsp3) is 0.500. The van der Waals surface area contributed by atoms with E-state index in [-0.39, 0.29) is 25.0 Å². The summed E-state index contributed by atoms with van der Waals surface area (Å²) in [7, 11) is 0. The Labute approximate surface area is 142 Å². The molecule has 1 saturated heterocycles. The number of nitrogens with one attached hydrogen (secondary N) is 1. The van der Waals surface area contributed by atoms with Crippen molar-refractivity contribution in [1.82, 2.24) is 4.57 Å². The van der Waals surface area contributed by atoms with Gasteiger partial charge in [-0.2, -0.15) is 0 Å². The molecular weight excluding hydrogens is 399 g/mol. The Morgan fingerprint density at radius 1 is 1.68 bits per heavy atom. The second kappa shape index (κ2) is 6.57. The summed E-state index contributed by atoms with van der Waals surface area (Å²) in [5.74, 6) is 1.44. The molecule has 2 aliphatic heterocycles. The molecule has 0 amide bonds. The molecule has 3 unspecified atom stereocenters. The molecule has 7 nitrogen and oxygen atoms in total. The van der Waals surface area contributed by atoms with E-state index in [2.05, 4.69) is 39.5 Å². The third kappa shape index (κ3) is 2.75. The number of halogens is 1. The minimum Gasteiger partial charge on any atom is -0.394 e. The number of aliphatic hydroxyl groups is 1. The van der Waals surface area contributed by atoms with E-state index >= 15 is 0 Å². The molecule has 0 radical (unpaired) electrons. The molecule has 1 aromatic heterocycles. The van der Waals surface area contributed by atoms with E-state index in [1.807, 2.05) is 10.8 Å². The first-order chi connectivity index (χ1) is 10.7. The highest BCUT2D eigenvalue weighted by molar-refractivity contribution is 14.1. The van der Waals surface area contributed by atoms with Crippen LogP contribution in [0, 0.1) is 3.57 Å². The fourth-order valence-corrected chi connectivity index (χ4v) is 3.66. The minimum atomic E-state index is -0.338. The van der Waals surface area contributed by atoms with Crippen LogP contribution in [0.3, 0.4) is 0 Å². The van der Waals surface area contributed by atoms with Crippen molar-refractivity contribution in [3.05, 3.63) is 28.0 Å². The van der Waals surface area contributed by atoms with E-state index in [9.17, 15) is 5.11 Å². The zero-order valence-electron chi connectivity index (χ0n) is 12.0. The lowest BCUT2D eigenvalue weighted by Crippen LogP contribution is -2.27. The maximum atomic E-state index is 9.49. The lowest BCUT2D eigenvalue weighted by molar-refractivity contribution is -0.0564. The van der Waals surface area contributed by atoms with Gasteiger partial charge in [0.2, 0.25) is 0 Å². The van der Waals surface area contributed by atoms with E-state index in [1.54, 1.807) is 6.08 Å². The predicted octanol–water partition coefficient (Wildman–Crippen LogP) is 1.03. The molecule has 8 heteroatoms. The van der Waals surface area contributed by atoms with Crippen LogP contribution >= 0.6 is 22.6 Å². The van der Waals surface area contributed by atoms with Crippen LogP contribution < -0.4 is 11.1 Å². The first-order valence-corrected chi connectivity index (χ1v) is 8.17. The quantitative estimate of drug-likeness (QED) is 0.491. The van der Waals surface area contributed by atoms with Crippen molar-refractivity contribution in [2.24, 2.45) is 10.7 Å². The van der Waals surface area contributed by atoms with Gasteiger partial charge >= 0.3 is 0 Å². The number of aliphatic imine (C=N–C) groups is 1. The van der Waals surface area contributed by atoms with Crippen molar-refractivity contribution in [3.8, 4) is 0 Å². The molecule has 3 heterocycles. The van der Waals surface area contributed by atoms with Crippen molar-refractivity contribution in [2.75, 3.05) is 25.2 Å². The highest BCUT2D eigenvalue weighted by Crippen LogP contribution is 2.37. The van der Waals surface area contributed by atoms with Crippen LogP contribution in [0.15, 0.2) is 23.8 Å². The average molecular weight is 418 g/mol. The molecule has 3 rings (SSSR count). The van der Waals surface area contributed by atoms with E-state index in [4.69, 9.17) is 15.2 Å². The van der Waals surface area contributed by atoms with E-state index in [1.165, 1.54) is 0 Å². The Bertz CT molecular complexity index is 601. The normalized spacial score (nSPS) is 27.2. The van der Waals surface area contributed by atoms with Crippen molar-refractivity contribution >= 4 is 34.2 Å². The maximum Gasteiger partial charge on any atom is 0.138 e. The SMILES string of the molecule is C=CCOC1CC(n2cc(I)c3c2NCN=C3N)OC1CO. The van der Waals surface area contributed by atoms with Gasteiger partial charge in [-0.25, -0.2) is 4.99 Å². The molecule has 1 aromatic rings. The number of anilines is 1. The summed E-state index contributed by atoms with van der Waals surface area (Å²) in [6.45, 7) is 4.46. The maximum absolute atomic E-state index is 9.49. The molecule has 22 heavy (non-hydrogen) atoms. The van der Waals surface area contributed by atoms with Gasteiger partial charge in [0, 0.05) is 16.2 Å². The van der Waals surface area contributed by atoms with Crippen molar-refractivity contribution < 1.29 is 14.6 Å². The first-order valence-electron chi connectivity index (χ1n) is 7.09. The van der Waals surface area contributed by atoms with Crippen LogP contribution in [-0.2, 0) is 9.47 Å². The van der Waals surface area contributed by atoms with Gasteiger partial charge < -0.3 is 30.2 Å². The van der Waals surface area contributed by atoms with Crippen LogP contribution in [0.4, 0.5) is 5.82 Å². The van der Waals surface area contributed by atoms with Crippen LogP contribution in [0.5, 0.6) is 0 Å².